The largest absolute Gasteiger partial charge is 0.497 e. The predicted molar refractivity (Wildman–Crippen MR) is 100 cm³/mol. The maximum Gasteiger partial charge on any atom is 0.276 e. The van der Waals surface area contributed by atoms with Gasteiger partial charge in [-0.2, -0.15) is 5.10 Å². The number of carbonyl (C=O) groups is 1. The molecule has 7 nitrogen and oxygen atoms in total. The van der Waals surface area contributed by atoms with Crippen molar-refractivity contribution in [3.05, 3.63) is 81.6 Å². The number of benzene rings is 2. The first-order valence-electron chi connectivity index (χ1n) is 8.48. The summed E-state index contributed by atoms with van der Waals surface area (Å²) in [5.41, 5.74) is -0.253. The second-order valence-electron chi connectivity index (χ2n) is 5.94. The van der Waals surface area contributed by atoms with E-state index in [1.54, 1.807) is 24.3 Å². The highest BCUT2D eigenvalue weighted by molar-refractivity contribution is 5.92. The Morgan fingerprint density at radius 2 is 1.86 bits per heavy atom. The molecule has 3 rings (SSSR count). The molecule has 0 unspecified atom stereocenters. The quantitative estimate of drug-likeness (QED) is 0.686. The van der Waals surface area contributed by atoms with Crippen molar-refractivity contribution < 1.29 is 23.0 Å². The number of nitrogens with zero attached hydrogens (tertiary/aromatic N) is 2. The van der Waals surface area contributed by atoms with Crippen molar-refractivity contribution in [2.45, 2.75) is 6.54 Å². The summed E-state index contributed by atoms with van der Waals surface area (Å²) < 4.78 is 38.1. The molecule has 150 valence electrons. The Kier molecular flexibility index (Phi) is 5.87. The van der Waals surface area contributed by atoms with Crippen LogP contribution in [-0.2, 0) is 6.54 Å². The zero-order valence-corrected chi connectivity index (χ0v) is 15.6. The van der Waals surface area contributed by atoms with Crippen molar-refractivity contribution in [1.82, 2.24) is 15.1 Å². The van der Waals surface area contributed by atoms with Gasteiger partial charge in [0.1, 0.15) is 5.75 Å². The summed E-state index contributed by atoms with van der Waals surface area (Å²) in [6, 6.07) is 11.1. The number of methoxy groups -OCH3 is 2. The lowest BCUT2D eigenvalue weighted by molar-refractivity contribution is 0.0942. The minimum atomic E-state index is -1.10. The highest BCUT2D eigenvalue weighted by Gasteiger charge is 2.18. The van der Waals surface area contributed by atoms with E-state index in [2.05, 4.69) is 10.4 Å². The third-order valence-corrected chi connectivity index (χ3v) is 4.06. The van der Waals surface area contributed by atoms with Gasteiger partial charge in [0.15, 0.2) is 17.3 Å². The Hall–Kier alpha value is -3.75. The summed E-state index contributed by atoms with van der Waals surface area (Å²) in [5.74, 6) is -2.28. The van der Waals surface area contributed by atoms with Gasteiger partial charge in [0.25, 0.3) is 5.91 Å². The zero-order valence-electron chi connectivity index (χ0n) is 15.6. The minimum absolute atomic E-state index is 0.0367. The Bertz CT molecular complexity index is 1120. The van der Waals surface area contributed by atoms with Gasteiger partial charge in [-0.1, -0.05) is 12.1 Å². The molecule has 29 heavy (non-hydrogen) atoms. The molecule has 1 N–H and O–H groups in total. The Balaban J connectivity index is 1.91. The summed E-state index contributed by atoms with van der Waals surface area (Å²) in [4.78, 5) is 24.8. The summed E-state index contributed by atoms with van der Waals surface area (Å²) in [6.07, 6.45) is 0. The molecule has 1 heterocycles. The fourth-order valence-corrected chi connectivity index (χ4v) is 2.59. The van der Waals surface area contributed by atoms with Gasteiger partial charge in [0.05, 0.1) is 26.0 Å². The summed E-state index contributed by atoms with van der Waals surface area (Å²) in [7, 11) is 2.81. The van der Waals surface area contributed by atoms with Crippen molar-refractivity contribution >= 4 is 5.91 Å². The number of hydrogen-bond acceptors (Lipinski definition) is 5. The van der Waals surface area contributed by atoms with Gasteiger partial charge in [-0.3, -0.25) is 9.59 Å². The maximum atomic E-state index is 13.6. The van der Waals surface area contributed by atoms with Crippen LogP contribution in [0.3, 0.4) is 0 Å². The van der Waals surface area contributed by atoms with Gasteiger partial charge in [-0.05, 0) is 29.8 Å². The first-order valence-corrected chi connectivity index (χ1v) is 8.48. The maximum absolute atomic E-state index is 13.6. The van der Waals surface area contributed by atoms with E-state index >= 15 is 0 Å². The Morgan fingerprint density at radius 3 is 2.55 bits per heavy atom. The number of carbonyl (C=O) groups excluding carboxylic acids is 1. The lowest BCUT2D eigenvalue weighted by Gasteiger charge is -2.13. The second kappa shape index (κ2) is 8.51. The number of ether oxygens (including phenoxy) is 2. The number of rotatable bonds is 6. The molecule has 1 aromatic heterocycles. The van der Waals surface area contributed by atoms with E-state index in [0.717, 1.165) is 28.4 Å². The molecule has 9 heteroatoms. The van der Waals surface area contributed by atoms with Crippen LogP contribution in [0.25, 0.3) is 5.69 Å². The summed E-state index contributed by atoms with van der Waals surface area (Å²) in [5, 5.41) is 6.58. The first-order chi connectivity index (χ1) is 13.9. The standard InChI is InChI=1S/C20H17F2N3O4/c1-28-14-5-3-4-12(8-14)11-23-20(27)19-17(26)10-18(29-2)25(24-19)13-6-7-15(21)16(22)9-13/h3-10H,11H2,1-2H3,(H,23,27). The molecule has 1 amide bonds. The molecule has 0 radical (unpaired) electrons. The molecule has 3 aromatic rings. The highest BCUT2D eigenvalue weighted by Crippen LogP contribution is 2.18. The SMILES string of the molecule is COc1cccc(CNC(=O)c2nn(-c3ccc(F)c(F)c3)c(OC)cc2=O)c1. The van der Waals surface area contributed by atoms with Gasteiger partial charge < -0.3 is 14.8 Å². The number of nitrogens with one attached hydrogen (secondary N) is 1. The summed E-state index contributed by atoms with van der Waals surface area (Å²) >= 11 is 0. The van der Waals surface area contributed by atoms with Crippen LogP contribution in [0.5, 0.6) is 11.6 Å². The number of halogens is 2. The minimum Gasteiger partial charge on any atom is -0.497 e. The molecular weight excluding hydrogens is 384 g/mol. The van der Waals surface area contributed by atoms with E-state index in [4.69, 9.17) is 9.47 Å². The molecule has 0 saturated carbocycles. The van der Waals surface area contributed by atoms with Crippen LogP contribution in [0.2, 0.25) is 0 Å². The van der Waals surface area contributed by atoms with Gasteiger partial charge >= 0.3 is 0 Å². The lowest BCUT2D eigenvalue weighted by Crippen LogP contribution is -2.31. The molecule has 2 aromatic carbocycles. The van der Waals surface area contributed by atoms with E-state index in [-0.39, 0.29) is 18.1 Å². The molecule has 0 spiro atoms. The third kappa shape index (κ3) is 4.40. The van der Waals surface area contributed by atoms with E-state index < -0.39 is 28.7 Å². The average molecular weight is 401 g/mol. The molecule has 0 aliphatic heterocycles. The lowest BCUT2D eigenvalue weighted by atomic mass is 10.2. The Labute approximate surface area is 164 Å². The number of amides is 1. The van der Waals surface area contributed by atoms with Crippen LogP contribution < -0.4 is 20.2 Å². The van der Waals surface area contributed by atoms with E-state index in [0.29, 0.717) is 5.75 Å². The van der Waals surface area contributed by atoms with Gasteiger partial charge in [-0.25, -0.2) is 13.5 Å². The van der Waals surface area contributed by atoms with Crippen molar-refractivity contribution in [3.63, 3.8) is 0 Å². The van der Waals surface area contributed by atoms with Crippen LogP contribution in [0, 0.1) is 11.6 Å². The van der Waals surface area contributed by atoms with Crippen LogP contribution in [-0.4, -0.2) is 29.9 Å². The molecule has 0 aliphatic rings. The van der Waals surface area contributed by atoms with Gasteiger partial charge in [-0.15, -0.1) is 0 Å². The first kappa shape index (κ1) is 20.0. The van der Waals surface area contributed by atoms with Crippen molar-refractivity contribution in [1.29, 1.82) is 0 Å². The molecule has 0 atom stereocenters. The molecule has 0 saturated heterocycles. The van der Waals surface area contributed by atoms with Crippen LogP contribution in [0.15, 0.2) is 53.3 Å². The number of hydrogen-bond donors (Lipinski definition) is 1. The van der Waals surface area contributed by atoms with Crippen molar-refractivity contribution in [2.75, 3.05) is 14.2 Å². The fourth-order valence-electron chi connectivity index (χ4n) is 2.59. The fraction of sp³-hybridized carbons (Fsp3) is 0.150. The average Bonchev–Trinajstić information content (AvgIpc) is 2.73. The second-order valence-corrected chi connectivity index (χ2v) is 5.94. The van der Waals surface area contributed by atoms with E-state index in [9.17, 15) is 18.4 Å². The van der Waals surface area contributed by atoms with Crippen molar-refractivity contribution in [3.8, 4) is 17.3 Å². The van der Waals surface area contributed by atoms with E-state index in [1.165, 1.54) is 20.3 Å². The third-order valence-electron chi connectivity index (χ3n) is 4.06. The number of aromatic nitrogens is 2. The zero-order chi connectivity index (χ0) is 21.0. The van der Waals surface area contributed by atoms with Gasteiger partial charge in [0, 0.05) is 12.6 Å². The molecule has 0 aliphatic carbocycles. The monoisotopic (exact) mass is 401 g/mol. The smallest absolute Gasteiger partial charge is 0.276 e. The molecular formula is C20H17F2N3O4. The van der Waals surface area contributed by atoms with Crippen LogP contribution in [0.1, 0.15) is 16.1 Å². The molecule has 0 fully saturated rings. The van der Waals surface area contributed by atoms with E-state index in [1.807, 2.05) is 0 Å². The predicted octanol–water partition coefficient (Wildman–Crippen LogP) is 2.46. The van der Waals surface area contributed by atoms with Gasteiger partial charge in [0.2, 0.25) is 11.3 Å². The summed E-state index contributed by atoms with van der Waals surface area (Å²) in [6.45, 7) is 0.133. The van der Waals surface area contributed by atoms with Crippen molar-refractivity contribution in [2.24, 2.45) is 0 Å². The van der Waals surface area contributed by atoms with Crippen LogP contribution >= 0.6 is 0 Å². The van der Waals surface area contributed by atoms with Crippen LogP contribution in [0.4, 0.5) is 8.78 Å². The Morgan fingerprint density at radius 1 is 1.07 bits per heavy atom. The highest BCUT2D eigenvalue weighted by atomic mass is 19.2. The molecule has 0 bridgehead atoms. The normalized spacial score (nSPS) is 10.5. The topological polar surface area (TPSA) is 82.4 Å².